The van der Waals surface area contributed by atoms with E-state index in [9.17, 15) is 26.4 Å². The second kappa shape index (κ2) is 7.84. The number of carbonyl (C=O) groups excluding carboxylic acids is 1. The van der Waals surface area contributed by atoms with Crippen molar-refractivity contribution in [3.63, 3.8) is 0 Å². The minimum atomic E-state index is -4.80. The first-order chi connectivity index (χ1) is 13.4. The summed E-state index contributed by atoms with van der Waals surface area (Å²) < 4.78 is 73.6. The van der Waals surface area contributed by atoms with Crippen LogP contribution in [0.3, 0.4) is 0 Å². The van der Waals surface area contributed by atoms with Crippen molar-refractivity contribution in [2.75, 3.05) is 5.32 Å². The second-order valence-corrected chi connectivity index (χ2v) is 8.63. The summed E-state index contributed by atoms with van der Waals surface area (Å²) in [5.74, 6) is -0.555. The van der Waals surface area contributed by atoms with Crippen LogP contribution in [0.2, 0.25) is 0 Å². The number of alkyl halides is 3. The summed E-state index contributed by atoms with van der Waals surface area (Å²) in [6, 6.07) is 7.49. The van der Waals surface area contributed by atoms with Gasteiger partial charge in [0.05, 0.1) is 5.69 Å². The Hall–Kier alpha value is -2.31. The Kier molecular flexibility index (Phi) is 5.79. The standard InChI is InChI=1S/C17H14BrF3N2O5S/c1-9-16(24)23-13-6-12(18)15(7-14(13)27-9)29(25,26)22-8-10-2-4-11(5-3-10)28-17(19,20)21/h2-7,9,22H,8H2,1H3,(H,23,24). The molecule has 0 radical (unpaired) electrons. The zero-order valence-corrected chi connectivity index (χ0v) is 17.1. The predicted octanol–water partition coefficient (Wildman–Crippen LogP) is 3.55. The Bertz CT molecular complexity index is 1040. The van der Waals surface area contributed by atoms with Gasteiger partial charge in [0, 0.05) is 17.1 Å². The Balaban J connectivity index is 1.75. The topological polar surface area (TPSA) is 93.7 Å². The maximum absolute atomic E-state index is 12.7. The molecule has 2 aromatic carbocycles. The molecule has 1 aliphatic heterocycles. The number of sulfonamides is 1. The molecule has 0 spiro atoms. The number of anilines is 1. The molecule has 1 atom stereocenters. The number of nitrogens with one attached hydrogen (secondary N) is 2. The first-order valence-corrected chi connectivity index (χ1v) is 10.4. The van der Waals surface area contributed by atoms with Crippen molar-refractivity contribution in [1.29, 1.82) is 0 Å². The number of benzene rings is 2. The number of fused-ring (bicyclic) bond motifs is 1. The van der Waals surface area contributed by atoms with Gasteiger partial charge in [-0.3, -0.25) is 4.79 Å². The average molecular weight is 495 g/mol. The molecule has 0 saturated carbocycles. The van der Waals surface area contributed by atoms with Crippen molar-refractivity contribution >= 4 is 37.5 Å². The van der Waals surface area contributed by atoms with Crippen LogP contribution in [0.1, 0.15) is 12.5 Å². The minimum absolute atomic E-state index is 0.114. The molecule has 156 valence electrons. The summed E-state index contributed by atoms with van der Waals surface area (Å²) in [6.07, 6.45) is -5.58. The molecule has 2 N–H and O–H groups in total. The Morgan fingerprint density at radius 3 is 2.52 bits per heavy atom. The van der Waals surface area contributed by atoms with Gasteiger partial charge in [0.15, 0.2) is 6.10 Å². The monoisotopic (exact) mass is 494 g/mol. The molecule has 0 aliphatic carbocycles. The molecule has 7 nitrogen and oxygen atoms in total. The quantitative estimate of drug-likeness (QED) is 0.662. The van der Waals surface area contributed by atoms with E-state index in [1.807, 2.05) is 0 Å². The van der Waals surface area contributed by atoms with Crippen LogP contribution in [0.25, 0.3) is 0 Å². The number of halogens is 4. The highest BCUT2D eigenvalue weighted by atomic mass is 79.9. The van der Waals surface area contributed by atoms with Gasteiger partial charge in [0.1, 0.15) is 16.4 Å². The fourth-order valence-corrected chi connectivity index (χ4v) is 4.55. The lowest BCUT2D eigenvalue weighted by Crippen LogP contribution is -2.34. The summed E-state index contributed by atoms with van der Waals surface area (Å²) in [4.78, 5) is 11.5. The number of hydrogen-bond donors (Lipinski definition) is 2. The lowest BCUT2D eigenvalue weighted by Gasteiger charge is -2.24. The van der Waals surface area contributed by atoms with Gasteiger partial charge in [-0.1, -0.05) is 12.1 Å². The predicted molar refractivity (Wildman–Crippen MR) is 100 cm³/mol. The van der Waals surface area contributed by atoms with Crippen LogP contribution in [-0.2, 0) is 21.4 Å². The third-order valence-electron chi connectivity index (χ3n) is 3.88. The smallest absolute Gasteiger partial charge is 0.479 e. The Morgan fingerprint density at radius 1 is 1.24 bits per heavy atom. The van der Waals surface area contributed by atoms with E-state index >= 15 is 0 Å². The first-order valence-electron chi connectivity index (χ1n) is 8.10. The minimum Gasteiger partial charge on any atom is -0.479 e. The number of rotatable bonds is 5. The highest BCUT2D eigenvalue weighted by molar-refractivity contribution is 9.10. The van der Waals surface area contributed by atoms with E-state index in [2.05, 4.69) is 30.7 Å². The van der Waals surface area contributed by atoms with E-state index in [-0.39, 0.29) is 27.6 Å². The molecular weight excluding hydrogens is 481 g/mol. The Labute approximate surface area is 172 Å². The molecule has 0 fully saturated rings. The lowest BCUT2D eigenvalue weighted by molar-refractivity contribution is -0.274. The number of amides is 1. The summed E-state index contributed by atoms with van der Waals surface area (Å²) in [7, 11) is -3.99. The highest BCUT2D eigenvalue weighted by Gasteiger charge is 2.31. The van der Waals surface area contributed by atoms with Gasteiger partial charge in [-0.15, -0.1) is 13.2 Å². The molecular formula is C17H14BrF3N2O5S. The summed E-state index contributed by atoms with van der Waals surface area (Å²) in [5.41, 5.74) is 0.758. The van der Waals surface area contributed by atoms with Crippen molar-refractivity contribution < 1.29 is 35.9 Å². The number of carbonyl (C=O) groups is 1. The molecule has 3 rings (SSSR count). The van der Waals surface area contributed by atoms with Crippen LogP contribution >= 0.6 is 15.9 Å². The van der Waals surface area contributed by atoms with Crippen LogP contribution < -0.4 is 19.5 Å². The molecule has 0 aromatic heterocycles. The molecule has 2 aromatic rings. The normalized spacial score (nSPS) is 16.6. The zero-order chi connectivity index (χ0) is 21.4. The largest absolute Gasteiger partial charge is 0.573 e. The molecule has 1 unspecified atom stereocenters. The van der Waals surface area contributed by atoms with Crippen LogP contribution in [-0.4, -0.2) is 26.8 Å². The van der Waals surface area contributed by atoms with E-state index in [0.29, 0.717) is 11.3 Å². The van der Waals surface area contributed by atoms with Gasteiger partial charge in [-0.2, -0.15) is 0 Å². The van der Waals surface area contributed by atoms with Gasteiger partial charge in [0.2, 0.25) is 10.0 Å². The summed E-state index contributed by atoms with van der Waals surface area (Å²) in [5, 5.41) is 2.61. The van der Waals surface area contributed by atoms with E-state index in [4.69, 9.17) is 4.74 Å². The van der Waals surface area contributed by atoms with Crippen LogP contribution in [0.5, 0.6) is 11.5 Å². The highest BCUT2D eigenvalue weighted by Crippen LogP contribution is 2.37. The van der Waals surface area contributed by atoms with Crippen LogP contribution in [0.15, 0.2) is 45.8 Å². The van der Waals surface area contributed by atoms with Gasteiger partial charge in [-0.25, -0.2) is 13.1 Å². The molecule has 12 heteroatoms. The van der Waals surface area contributed by atoms with Gasteiger partial charge >= 0.3 is 6.36 Å². The SMILES string of the molecule is CC1Oc2cc(S(=O)(=O)NCc3ccc(OC(F)(F)F)cc3)c(Br)cc2NC1=O. The maximum Gasteiger partial charge on any atom is 0.573 e. The molecule has 0 saturated heterocycles. The van der Waals surface area contributed by atoms with Crippen LogP contribution in [0, 0.1) is 0 Å². The third-order valence-corrected chi connectivity index (χ3v) is 6.24. The summed E-state index contributed by atoms with van der Waals surface area (Å²) >= 11 is 3.16. The van der Waals surface area contributed by atoms with Crippen LogP contribution in [0.4, 0.5) is 18.9 Å². The molecule has 0 bridgehead atoms. The van der Waals surface area contributed by atoms with Gasteiger partial charge in [-0.05, 0) is 46.6 Å². The van der Waals surface area contributed by atoms with E-state index in [1.165, 1.54) is 31.2 Å². The van der Waals surface area contributed by atoms with Crippen molar-refractivity contribution in [1.82, 2.24) is 4.72 Å². The molecule has 29 heavy (non-hydrogen) atoms. The summed E-state index contributed by atoms with van der Waals surface area (Å²) in [6.45, 7) is 1.37. The fourth-order valence-electron chi connectivity index (χ4n) is 2.48. The maximum atomic E-state index is 12.7. The lowest BCUT2D eigenvalue weighted by atomic mass is 10.2. The van der Waals surface area contributed by atoms with E-state index in [0.717, 1.165) is 12.1 Å². The van der Waals surface area contributed by atoms with Crippen molar-refractivity contribution in [2.45, 2.75) is 30.8 Å². The van der Waals surface area contributed by atoms with Gasteiger partial charge < -0.3 is 14.8 Å². The van der Waals surface area contributed by atoms with E-state index in [1.54, 1.807) is 0 Å². The third kappa shape index (κ3) is 5.19. The van der Waals surface area contributed by atoms with E-state index < -0.39 is 28.2 Å². The molecule has 1 aliphatic rings. The fraction of sp³-hybridized carbons (Fsp3) is 0.235. The van der Waals surface area contributed by atoms with Crippen molar-refractivity contribution in [2.24, 2.45) is 0 Å². The zero-order valence-electron chi connectivity index (χ0n) is 14.7. The molecule has 1 amide bonds. The average Bonchev–Trinajstić information content (AvgIpc) is 2.61. The van der Waals surface area contributed by atoms with Crippen molar-refractivity contribution in [3.8, 4) is 11.5 Å². The van der Waals surface area contributed by atoms with Crippen molar-refractivity contribution in [3.05, 3.63) is 46.4 Å². The Morgan fingerprint density at radius 2 is 1.90 bits per heavy atom. The molecule has 1 heterocycles. The second-order valence-electron chi connectivity index (χ2n) is 6.04. The number of hydrogen-bond acceptors (Lipinski definition) is 5. The first kappa shape index (κ1) is 21.4. The van der Waals surface area contributed by atoms with Gasteiger partial charge in [0.25, 0.3) is 5.91 Å². The number of ether oxygens (including phenoxy) is 2.